The topological polar surface area (TPSA) is 73.3 Å². The number of H-pyrrole nitrogens is 1. The van der Waals surface area contributed by atoms with E-state index in [0.717, 1.165) is 0 Å². The van der Waals surface area contributed by atoms with E-state index in [1.807, 2.05) is 19.9 Å². The Morgan fingerprint density at radius 1 is 1.42 bits per heavy atom. The summed E-state index contributed by atoms with van der Waals surface area (Å²) >= 11 is 0. The molecule has 104 valence electrons. The highest BCUT2D eigenvalue weighted by molar-refractivity contribution is 5.06. The molecular weight excluding hydrogens is 248 g/mol. The van der Waals surface area contributed by atoms with Crippen molar-refractivity contribution in [2.24, 2.45) is 0 Å². The molecule has 6 nitrogen and oxygen atoms in total. The minimum absolute atomic E-state index is 0.133. The summed E-state index contributed by atoms with van der Waals surface area (Å²) in [5, 5.41) is 0. The maximum absolute atomic E-state index is 11.7. The van der Waals surface area contributed by atoms with Gasteiger partial charge in [-0.1, -0.05) is 6.08 Å². The van der Waals surface area contributed by atoms with Crippen molar-refractivity contribution in [1.29, 1.82) is 0 Å². The smallest absolute Gasteiger partial charge is 0.330 e. The van der Waals surface area contributed by atoms with Crippen LogP contribution in [0.1, 0.15) is 25.6 Å². The Hall–Kier alpha value is -1.66. The zero-order chi connectivity index (χ0) is 14.0. The second-order valence-corrected chi connectivity index (χ2v) is 4.81. The molecule has 0 aliphatic carbocycles. The zero-order valence-electron chi connectivity index (χ0n) is 11.3. The van der Waals surface area contributed by atoms with Crippen LogP contribution in [-0.2, 0) is 9.47 Å². The fourth-order valence-electron chi connectivity index (χ4n) is 1.80. The molecule has 1 aliphatic heterocycles. The monoisotopic (exact) mass is 266 g/mol. The molecule has 0 bridgehead atoms. The van der Waals surface area contributed by atoms with Crippen LogP contribution in [0.25, 0.3) is 0 Å². The Morgan fingerprint density at radius 2 is 2.16 bits per heavy atom. The van der Waals surface area contributed by atoms with Crippen molar-refractivity contribution in [3.8, 4) is 0 Å². The Morgan fingerprint density at radius 3 is 2.84 bits per heavy atom. The van der Waals surface area contributed by atoms with Crippen LogP contribution in [0.4, 0.5) is 0 Å². The van der Waals surface area contributed by atoms with Gasteiger partial charge in [0.2, 0.25) is 0 Å². The van der Waals surface area contributed by atoms with E-state index in [0.29, 0.717) is 12.2 Å². The van der Waals surface area contributed by atoms with E-state index in [9.17, 15) is 9.59 Å². The Bertz CT molecular complexity index is 585. The summed E-state index contributed by atoms with van der Waals surface area (Å²) in [5.41, 5.74) is -0.378. The van der Waals surface area contributed by atoms with Gasteiger partial charge < -0.3 is 9.47 Å². The highest BCUT2D eigenvalue weighted by Crippen LogP contribution is 2.19. The van der Waals surface area contributed by atoms with Crippen LogP contribution in [-0.4, -0.2) is 28.4 Å². The first-order chi connectivity index (χ1) is 8.97. The molecule has 0 saturated heterocycles. The summed E-state index contributed by atoms with van der Waals surface area (Å²) in [6.45, 7) is 5.99. The Balaban J connectivity index is 2.10. The van der Waals surface area contributed by atoms with Crippen molar-refractivity contribution in [3.63, 3.8) is 0 Å². The number of hydrogen-bond donors (Lipinski definition) is 1. The number of rotatable bonds is 4. The lowest BCUT2D eigenvalue weighted by Gasteiger charge is -2.17. The normalized spacial score (nSPS) is 22.3. The third kappa shape index (κ3) is 3.21. The zero-order valence-corrected chi connectivity index (χ0v) is 11.3. The van der Waals surface area contributed by atoms with Crippen LogP contribution in [0.3, 0.4) is 0 Å². The second-order valence-electron chi connectivity index (χ2n) is 4.81. The Kier molecular flexibility index (Phi) is 4.01. The number of aromatic nitrogens is 2. The molecule has 0 spiro atoms. The number of aromatic amines is 1. The molecule has 2 heterocycles. The van der Waals surface area contributed by atoms with Crippen molar-refractivity contribution in [2.75, 3.05) is 6.61 Å². The third-order valence-electron chi connectivity index (χ3n) is 2.82. The lowest BCUT2D eigenvalue weighted by atomic mass is 10.3. The molecule has 1 N–H and O–H groups in total. The number of aryl methyl sites for hydroxylation is 1. The SMILES string of the molecule is Cc1cn([C@H]2C=C[C@@H](COC(C)C)O2)c(=O)[nH]c1=O. The first-order valence-electron chi connectivity index (χ1n) is 6.25. The summed E-state index contributed by atoms with van der Waals surface area (Å²) in [4.78, 5) is 25.3. The molecule has 1 aliphatic rings. The molecule has 0 amide bonds. The van der Waals surface area contributed by atoms with Crippen molar-refractivity contribution in [2.45, 2.75) is 39.2 Å². The maximum Gasteiger partial charge on any atom is 0.330 e. The van der Waals surface area contributed by atoms with Crippen LogP contribution in [0.5, 0.6) is 0 Å². The van der Waals surface area contributed by atoms with Crippen molar-refractivity contribution in [3.05, 3.63) is 44.8 Å². The van der Waals surface area contributed by atoms with Crippen LogP contribution < -0.4 is 11.2 Å². The van der Waals surface area contributed by atoms with Crippen LogP contribution in [0.2, 0.25) is 0 Å². The number of nitrogens with one attached hydrogen (secondary N) is 1. The summed E-state index contributed by atoms with van der Waals surface area (Å²) in [6.07, 6.45) is 4.61. The van der Waals surface area contributed by atoms with E-state index in [-0.39, 0.29) is 17.8 Å². The van der Waals surface area contributed by atoms with Gasteiger partial charge in [0.05, 0.1) is 12.7 Å². The van der Waals surface area contributed by atoms with Gasteiger partial charge in [0, 0.05) is 11.8 Å². The lowest BCUT2D eigenvalue weighted by molar-refractivity contribution is -0.0442. The fraction of sp³-hybridized carbons (Fsp3) is 0.538. The first-order valence-corrected chi connectivity index (χ1v) is 6.25. The molecule has 1 aromatic heterocycles. The van der Waals surface area contributed by atoms with Gasteiger partial charge in [0.1, 0.15) is 6.10 Å². The molecule has 0 saturated carbocycles. The minimum atomic E-state index is -0.496. The third-order valence-corrected chi connectivity index (χ3v) is 2.82. The standard InChI is InChI=1S/C13H18N2O4/c1-8(2)18-7-10-4-5-11(19-10)15-6-9(3)12(16)14-13(15)17/h4-6,8,10-11H,7H2,1-3H3,(H,14,16,17)/t10-,11+/m0/s1. The van der Waals surface area contributed by atoms with E-state index in [4.69, 9.17) is 9.47 Å². The molecule has 0 radical (unpaired) electrons. The summed E-state index contributed by atoms with van der Waals surface area (Å²) in [7, 11) is 0. The van der Waals surface area contributed by atoms with E-state index in [2.05, 4.69) is 4.98 Å². The molecule has 19 heavy (non-hydrogen) atoms. The van der Waals surface area contributed by atoms with Gasteiger partial charge in [-0.25, -0.2) is 4.79 Å². The fourth-order valence-corrected chi connectivity index (χ4v) is 1.80. The average Bonchev–Trinajstić information content (AvgIpc) is 2.80. The molecule has 6 heteroatoms. The van der Waals surface area contributed by atoms with Crippen molar-refractivity contribution in [1.82, 2.24) is 9.55 Å². The summed E-state index contributed by atoms with van der Waals surface area (Å²) < 4.78 is 12.5. The van der Waals surface area contributed by atoms with E-state index < -0.39 is 11.9 Å². The van der Waals surface area contributed by atoms with Crippen LogP contribution in [0, 0.1) is 6.92 Å². The van der Waals surface area contributed by atoms with Gasteiger partial charge >= 0.3 is 5.69 Å². The van der Waals surface area contributed by atoms with Crippen LogP contribution >= 0.6 is 0 Å². The highest BCUT2D eigenvalue weighted by Gasteiger charge is 2.22. The number of hydrogen-bond acceptors (Lipinski definition) is 4. The molecular formula is C13H18N2O4. The maximum atomic E-state index is 11.7. The average molecular weight is 266 g/mol. The number of nitrogens with zero attached hydrogens (tertiary/aromatic N) is 1. The highest BCUT2D eigenvalue weighted by atomic mass is 16.6. The molecule has 0 fully saturated rings. The van der Waals surface area contributed by atoms with Gasteiger partial charge in [-0.05, 0) is 26.8 Å². The van der Waals surface area contributed by atoms with Gasteiger partial charge in [-0.3, -0.25) is 14.3 Å². The van der Waals surface area contributed by atoms with E-state index in [1.54, 1.807) is 13.0 Å². The summed E-state index contributed by atoms with van der Waals surface area (Å²) in [6, 6.07) is 0. The van der Waals surface area contributed by atoms with E-state index >= 15 is 0 Å². The minimum Gasteiger partial charge on any atom is -0.376 e. The van der Waals surface area contributed by atoms with Gasteiger partial charge in [-0.2, -0.15) is 0 Å². The predicted molar refractivity (Wildman–Crippen MR) is 70.2 cm³/mol. The predicted octanol–water partition coefficient (Wildman–Crippen LogP) is 0.724. The first kappa shape index (κ1) is 13.8. The second kappa shape index (κ2) is 5.54. The lowest BCUT2D eigenvalue weighted by Crippen LogP contribution is -2.33. The van der Waals surface area contributed by atoms with Crippen molar-refractivity contribution >= 4 is 0 Å². The molecule has 2 rings (SSSR count). The van der Waals surface area contributed by atoms with Crippen molar-refractivity contribution < 1.29 is 9.47 Å². The largest absolute Gasteiger partial charge is 0.376 e. The molecule has 2 atom stereocenters. The quantitative estimate of drug-likeness (QED) is 0.815. The van der Waals surface area contributed by atoms with Gasteiger partial charge in [0.25, 0.3) is 5.56 Å². The summed E-state index contributed by atoms with van der Waals surface area (Å²) in [5.74, 6) is 0. The van der Waals surface area contributed by atoms with Gasteiger partial charge in [0.15, 0.2) is 6.23 Å². The molecule has 0 aromatic carbocycles. The van der Waals surface area contributed by atoms with Crippen LogP contribution in [0.15, 0.2) is 27.9 Å². The molecule has 1 aromatic rings. The molecule has 0 unspecified atom stereocenters. The Labute approximate surface area is 110 Å². The number of ether oxygens (including phenoxy) is 2. The van der Waals surface area contributed by atoms with Gasteiger partial charge in [-0.15, -0.1) is 0 Å². The van der Waals surface area contributed by atoms with E-state index in [1.165, 1.54) is 10.8 Å².